The highest BCUT2D eigenvalue weighted by Crippen LogP contribution is 2.44. The van der Waals surface area contributed by atoms with E-state index in [1.807, 2.05) is 0 Å². The Kier molecular flexibility index (Phi) is 2.31. The van der Waals surface area contributed by atoms with Crippen LogP contribution >= 0.6 is 0 Å². The van der Waals surface area contributed by atoms with Crippen molar-refractivity contribution in [1.29, 1.82) is 0 Å². The van der Waals surface area contributed by atoms with Gasteiger partial charge in [-0.3, -0.25) is 4.90 Å². The molecule has 0 atom stereocenters. The average molecular weight is 261 g/mol. The number of aliphatic hydroxyl groups is 1. The summed E-state index contributed by atoms with van der Waals surface area (Å²) >= 11 is 0. The van der Waals surface area contributed by atoms with E-state index >= 15 is 0 Å². The second-order valence-corrected chi connectivity index (χ2v) is 5.51. The van der Waals surface area contributed by atoms with Crippen LogP contribution in [0.25, 0.3) is 11.6 Å². The van der Waals surface area contributed by atoms with Crippen molar-refractivity contribution in [1.82, 2.24) is 15.0 Å². The van der Waals surface area contributed by atoms with Crippen LogP contribution in [-0.4, -0.2) is 38.8 Å². The molecule has 0 spiro atoms. The van der Waals surface area contributed by atoms with Gasteiger partial charge in [-0.25, -0.2) is 0 Å². The minimum atomic E-state index is -0.468. The molecule has 1 aliphatic carbocycles. The Morgan fingerprint density at radius 3 is 2.95 bits per heavy atom. The first kappa shape index (κ1) is 11.2. The monoisotopic (exact) mass is 261 g/mol. The average Bonchev–Trinajstić information content (AvgIpc) is 2.89. The summed E-state index contributed by atoms with van der Waals surface area (Å²) in [6, 6.07) is 3.58. The summed E-state index contributed by atoms with van der Waals surface area (Å²) in [6.45, 7) is 2.00. The number of rotatable bonds is 4. The predicted octanol–water partition coefficient (Wildman–Crippen LogP) is 1.29. The molecule has 1 N–H and O–H groups in total. The van der Waals surface area contributed by atoms with E-state index in [0.29, 0.717) is 43.0 Å². The molecule has 1 aliphatic heterocycles. The quantitative estimate of drug-likeness (QED) is 0.893. The van der Waals surface area contributed by atoms with Gasteiger partial charge < -0.3 is 14.0 Å². The van der Waals surface area contributed by atoms with Gasteiger partial charge in [0, 0.05) is 13.1 Å². The maximum atomic E-state index is 10.2. The van der Waals surface area contributed by atoms with E-state index < -0.39 is 5.60 Å². The SMILES string of the molecule is OC1(C2CC2)CN(Cc2nc(-c3ccco3)no2)C1. The maximum absolute atomic E-state index is 10.2. The molecule has 1 saturated carbocycles. The summed E-state index contributed by atoms with van der Waals surface area (Å²) in [5.74, 6) is 2.14. The van der Waals surface area contributed by atoms with Crippen LogP contribution in [0.1, 0.15) is 18.7 Å². The van der Waals surface area contributed by atoms with Gasteiger partial charge in [-0.05, 0) is 30.9 Å². The molecule has 0 aromatic carbocycles. The summed E-state index contributed by atoms with van der Waals surface area (Å²) in [7, 11) is 0. The number of likely N-dealkylation sites (tertiary alicyclic amines) is 1. The summed E-state index contributed by atoms with van der Waals surface area (Å²) in [6.07, 6.45) is 3.90. The molecule has 0 radical (unpaired) electrons. The number of hydrogen-bond donors (Lipinski definition) is 1. The fourth-order valence-electron chi connectivity index (χ4n) is 2.74. The summed E-state index contributed by atoms with van der Waals surface area (Å²) < 4.78 is 10.4. The van der Waals surface area contributed by atoms with Gasteiger partial charge in [0.25, 0.3) is 0 Å². The second-order valence-electron chi connectivity index (χ2n) is 5.51. The van der Waals surface area contributed by atoms with Gasteiger partial charge in [0.1, 0.15) is 0 Å². The molecule has 3 heterocycles. The molecule has 4 rings (SSSR count). The van der Waals surface area contributed by atoms with Gasteiger partial charge in [-0.2, -0.15) is 4.98 Å². The Hall–Kier alpha value is -1.66. The summed E-state index contributed by atoms with van der Waals surface area (Å²) in [5, 5.41) is 14.1. The van der Waals surface area contributed by atoms with Crippen molar-refractivity contribution < 1.29 is 14.0 Å². The molecule has 19 heavy (non-hydrogen) atoms. The van der Waals surface area contributed by atoms with Gasteiger partial charge in [0.2, 0.25) is 11.7 Å². The molecule has 6 heteroatoms. The van der Waals surface area contributed by atoms with E-state index in [4.69, 9.17) is 8.94 Å². The topological polar surface area (TPSA) is 75.5 Å². The molecular formula is C13H15N3O3. The second kappa shape index (κ2) is 3.91. The largest absolute Gasteiger partial charge is 0.461 e. The van der Waals surface area contributed by atoms with Crippen LogP contribution in [0, 0.1) is 5.92 Å². The zero-order chi connectivity index (χ0) is 12.9. The minimum absolute atomic E-state index is 0.468. The lowest BCUT2D eigenvalue weighted by molar-refractivity contribution is -0.119. The van der Waals surface area contributed by atoms with Crippen molar-refractivity contribution in [2.45, 2.75) is 25.0 Å². The van der Waals surface area contributed by atoms with Crippen LogP contribution in [0.3, 0.4) is 0 Å². The molecule has 6 nitrogen and oxygen atoms in total. The van der Waals surface area contributed by atoms with E-state index in [2.05, 4.69) is 15.0 Å². The lowest BCUT2D eigenvalue weighted by Crippen LogP contribution is -2.62. The molecule has 0 amide bonds. The molecule has 2 fully saturated rings. The van der Waals surface area contributed by atoms with Crippen LogP contribution in [-0.2, 0) is 6.54 Å². The molecule has 0 bridgehead atoms. The smallest absolute Gasteiger partial charge is 0.241 e. The van der Waals surface area contributed by atoms with Crippen molar-refractivity contribution in [2.75, 3.05) is 13.1 Å². The van der Waals surface area contributed by atoms with Gasteiger partial charge in [0.05, 0.1) is 18.4 Å². The van der Waals surface area contributed by atoms with Gasteiger partial charge in [-0.15, -0.1) is 0 Å². The Balaban J connectivity index is 1.39. The first-order valence-corrected chi connectivity index (χ1v) is 6.54. The van der Waals surface area contributed by atoms with Crippen LogP contribution in [0.4, 0.5) is 0 Å². The first-order chi connectivity index (χ1) is 9.23. The Morgan fingerprint density at radius 2 is 2.26 bits per heavy atom. The number of nitrogens with zero attached hydrogens (tertiary/aromatic N) is 3. The number of aromatic nitrogens is 2. The maximum Gasteiger partial charge on any atom is 0.241 e. The molecule has 2 aliphatic rings. The minimum Gasteiger partial charge on any atom is -0.461 e. The van der Waals surface area contributed by atoms with Gasteiger partial charge in [-0.1, -0.05) is 5.16 Å². The molecule has 2 aromatic heterocycles. The third-order valence-electron chi connectivity index (χ3n) is 3.90. The predicted molar refractivity (Wildman–Crippen MR) is 65.0 cm³/mol. The van der Waals surface area contributed by atoms with Crippen molar-refractivity contribution in [3.63, 3.8) is 0 Å². The van der Waals surface area contributed by atoms with Crippen molar-refractivity contribution in [3.8, 4) is 11.6 Å². The third kappa shape index (κ3) is 1.97. The molecule has 100 valence electrons. The van der Waals surface area contributed by atoms with E-state index in [1.165, 1.54) is 0 Å². The van der Waals surface area contributed by atoms with Crippen LogP contribution in [0.5, 0.6) is 0 Å². The highest BCUT2D eigenvalue weighted by atomic mass is 16.5. The van der Waals surface area contributed by atoms with E-state index in [9.17, 15) is 5.11 Å². The van der Waals surface area contributed by atoms with Gasteiger partial charge in [0.15, 0.2) is 5.76 Å². The Morgan fingerprint density at radius 1 is 1.42 bits per heavy atom. The zero-order valence-electron chi connectivity index (χ0n) is 10.5. The van der Waals surface area contributed by atoms with E-state index in [1.54, 1.807) is 18.4 Å². The summed E-state index contributed by atoms with van der Waals surface area (Å²) in [5.41, 5.74) is -0.468. The standard InChI is InChI=1S/C13H15N3O3/c17-13(9-3-4-9)7-16(8-13)6-11-14-12(15-19-11)10-2-1-5-18-10/h1-2,5,9,17H,3-4,6-8H2. The zero-order valence-corrected chi connectivity index (χ0v) is 10.5. The number of hydrogen-bond acceptors (Lipinski definition) is 6. The highest BCUT2D eigenvalue weighted by Gasteiger charge is 2.51. The Bertz CT molecular complexity index is 568. The highest BCUT2D eigenvalue weighted by molar-refractivity contribution is 5.44. The molecular weight excluding hydrogens is 246 g/mol. The molecule has 1 saturated heterocycles. The first-order valence-electron chi connectivity index (χ1n) is 6.54. The lowest BCUT2D eigenvalue weighted by Gasteiger charge is -2.46. The van der Waals surface area contributed by atoms with Gasteiger partial charge >= 0.3 is 0 Å². The Labute approximate surface area is 110 Å². The summed E-state index contributed by atoms with van der Waals surface area (Å²) in [4.78, 5) is 6.41. The van der Waals surface area contributed by atoms with Crippen LogP contribution in [0.2, 0.25) is 0 Å². The normalized spacial score (nSPS) is 22.4. The van der Waals surface area contributed by atoms with Crippen LogP contribution < -0.4 is 0 Å². The number of furan rings is 1. The fraction of sp³-hybridized carbons (Fsp3) is 0.538. The molecule has 2 aromatic rings. The third-order valence-corrected chi connectivity index (χ3v) is 3.90. The van der Waals surface area contributed by atoms with Crippen molar-refractivity contribution in [2.24, 2.45) is 5.92 Å². The van der Waals surface area contributed by atoms with Crippen LogP contribution in [0.15, 0.2) is 27.3 Å². The lowest BCUT2D eigenvalue weighted by atomic mass is 9.89. The number of β-amino-alcohol motifs (C(OH)–C–C–N with tert-alkyl or cyclic N) is 1. The van der Waals surface area contributed by atoms with Crippen molar-refractivity contribution in [3.05, 3.63) is 24.3 Å². The van der Waals surface area contributed by atoms with E-state index in [-0.39, 0.29) is 0 Å². The molecule has 0 unspecified atom stereocenters. The fourth-order valence-corrected chi connectivity index (χ4v) is 2.74. The van der Waals surface area contributed by atoms with Crippen molar-refractivity contribution >= 4 is 0 Å². The van der Waals surface area contributed by atoms with E-state index in [0.717, 1.165) is 12.8 Å².